The molecule has 0 unspecified atom stereocenters. The van der Waals surface area contributed by atoms with Crippen LogP contribution in [0.25, 0.3) is 17.0 Å². The summed E-state index contributed by atoms with van der Waals surface area (Å²) >= 11 is 6.24. The zero-order valence-corrected chi connectivity index (χ0v) is 14.5. The molecule has 2 aromatic heterocycles. The van der Waals surface area contributed by atoms with Crippen molar-refractivity contribution in [2.45, 2.75) is 26.2 Å². The Bertz CT molecular complexity index is 915. The molecular weight excluding hydrogens is 326 g/mol. The van der Waals surface area contributed by atoms with Crippen molar-refractivity contribution in [2.24, 2.45) is 7.05 Å². The Hall–Kier alpha value is -2.34. The summed E-state index contributed by atoms with van der Waals surface area (Å²) in [6.07, 6.45) is 4.88. The molecule has 0 saturated heterocycles. The zero-order chi connectivity index (χ0) is 17.1. The highest BCUT2D eigenvalue weighted by Gasteiger charge is 2.15. The van der Waals surface area contributed by atoms with Crippen LogP contribution < -0.4 is 10.9 Å². The van der Waals surface area contributed by atoms with Gasteiger partial charge in [-0.15, -0.1) is 0 Å². The van der Waals surface area contributed by atoms with Crippen LogP contribution in [-0.2, 0) is 7.05 Å². The van der Waals surface area contributed by atoms with Gasteiger partial charge >= 0.3 is 0 Å². The minimum Gasteiger partial charge on any atom is -0.382 e. The molecule has 0 aliphatic heterocycles. The van der Waals surface area contributed by atoms with E-state index in [1.54, 1.807) is 6.20 Å². The number of para-hydroxylation sites is 2. The number of nitrogens with one attached hydrogen (secondary N) is 1. The smallest absolute Gasteiger partial charge is 0.295 e. The van der Waals surface area contributed by atoms with Crippen LogP contribution in [0.3, 0.4) is 0 Å². The van der Waals surface area contributed by atoms with E-state index in [1.165, 1.54) is 4.68 Å². The number of hydrogen-bond donors (Lipinski definition) is 1. The van der Waals surface area contributed by atoms with Gasteiger partial charge < -0.3 is 9.88 Å². The van der Waals surface area contributed by atoms with Gasteiger partial charge in [-0.3, -0.25) is 4.79 Å². The first-order valence-electron chi connectivity index (χ1n) is 8.07. The molecule has 0 atom stereocenters. The first-order valence-corrected chi connectivity index (χ1v) is 8.44. The molecule has 1 aromatic carbocycles. The van der Waals surface area contributed by atoms with E-state index in [9.17, 15) is 4.79 Å². The number of rotatable bonds is 6. The average molecular weight is 346 g/mol. The Kier molecular flexibility index (Phi) is 4.85. The summed E-state index contributed by atoms with van der Waals surface area (Å²) in [5, 5.41) is 7.54. The number of aromatic nitrogens is 4. The molecule has 0 fully saturated rings. The number of hydrogen-bond acceptors (Lipinski definition) is 4. The molecule has 126 valence electrons. The van der Waals surface area contributed by atoms with Crippen molar-refractivity contribution in [3.8, 4) is 5.95 Å². The lowest BCUT2D eigenvalue weighted by Crippen LogP contribution is -2.25. The van der Waals surface area contributed by atoms with E-state index in [0.29, 0.717) is 11.6 Å². The Labute approximate surface area is 145 Å². The number of anilines is 1. The van der Waals surface area contributed by atoms with Crippen molar-refractivity contribution in [1.82, 2.24) is 19.3 Å². The maximum absolute atomic E-state index is 12.6. The SMILES string of the molecule is CCCCCNc1cnn(-c2nc3ccccc3n2C)c(=O)c1Cl. The first kappa shape index (κ1) is 16.5. The fraction of sp³-hybridized carbons (Fsp3) is 0.353. The Balaban J connectivity index is 1.95. The molecular formula is C17H20ClN5O. The van der Waals surface area contributed by atoms with E-state index in [4.69, 9.17) is 11.6 Å². The number of nitrogens with zero attached hydrogens (tertiary/aromatic N) is 4. The van der Waals surface area contributed by atoms with E-state index >= 15 is 0 Å². The van der Waals surface area contributed by atoms with E-state index < -0.39 is 0 Å². The topological polar surface area (TPSA) is 64.7 Å². The molecule has 0 bridgehead atoms. The normalized spacial score (nSPS) is 11.1. The first-order chi connectivity index (χ1) is 11.6. The molecule has 0 amide bonds. The van der Waals surface area contributed by atoms with Crippen LogP contribution in [0.15, 0.2) is 35.3 Å². The third-order valence-corrected chi connectivity index (χ3v) is 4.33. The molecule has 0 aliphatic rings. The fourth-order valence-electron chi connectivity index (χ4n) is 2.62. The van der Waals surface area contributed by atoms with Crippen molar-refractivity contribution in [2.75, 3.05) is 11.9 Å². The molecule has 24 heavy (non-hydrogen) atoms. The minimum absolute atomic E-state index is 0.133. The average Bonchev–Trinajstić information content (AvgIpc) is 2.92. The van der Waals surface area contributed by atoms with Crippen molar-refractivity contribution in [1.29, 1.82) is 0 Å². The number of benzene rings is 1. The van der Waals surface area contributed by atoms with Crippen LogP contribution in [0.4, 0.5) is 5.69 Å². The monoisotopic (exact) mass is 345 g/mol. The van der Waals surface area contributed by atoms with Gasteiger partial charge in [0.1, 0.15) is 5.02 Å². The van der Waals surface area contributed by atoms with Crippen LogP contribution in [0.2, 0.25) is 5.02 Å². The molecule has 3 aromatic rings. The third kappa shape index (κ3) is 3.01. The highest BCUT2D eigenvalue weighted by atomic mass is 35.5. The Morgan fingerprint density at radius 1 is 1.25 bits per heavy atom. The predicted molar refractivity (Wildman–Crippen MR) is 97.1 cm³/mol. The van der Waals surface area contributed by atoms with Crippen LogP contribution in [-0.4, -0.2) is 25.9 Å². The molecule has 2 heterocycles. The van der Waals surface area contributed by atoms with Gasteiger partial charge in [-0.25, -0.2) is 4.98 Å². The van der Waals surface area contributed by atoms with Crippen LogP contribution in [0, 0.1) is 0 Å². The third-order valence-electron chi connectivity index (χ3n) is 3.97. The minimum atomic E-state index is -0.379. The number of fused-ring (bicyclic) bond motifs is 1. The second-order valence-electron chi connectivity index (χ2n) is 5.68. The second-order valence-corrected chi connectivity index (χ2v) is 6.06. The lowest BCUT2D eigenvalue weighted by atomic mass is 10.2. The van der Waals surface area contributed by atoms with Gasteiger partial charge in [-0.05, 0) is 18.6 Å². The maximum Gasteiger partial charge on any atom is 0.295 e. The van der Waals surface area contributed by atoms with E-state index in [-0.39, 0.29) is 10.6 Å². The van der Waals surface area contributed by atoms with E-state index in [0.717, 1.165) is 36.8 Å². The number of aryl methyl sites for hydroxylation is 1. The molecule has 1 N–H and O–H groups in total. The van der Waals surface area contributed by atoms with E-state index in [2.05, 4.69) is 22.3 Å². The summed E-state index contributed by atoms with van der Waals surface area (Å²) in [6, 6.07) is 7.68. The van der Waals surface area contributed by atoms with Crippen molar-refractivity contribution >= 4 is 28.3 Å². The summed E-state index contributed by atoms with van der Waals surface area (Å²) in [5.41, 5.74) is 1.92. The van der Waals surface area contributed by atoms with Gasteiger partial charge in [0.05, 0.1) is 22.9 Å². The number of unbranched alkanes of at least 4 members (excludes halogenated alkanes) is 2. The number of halogens is 1. The molecule has 3 rings (SSSR count). The Morgan fingerprint density at radius 3 is 2.79 bits per heavy atom. The fourth-order valence-corrected chi connectivity index (χ4v) is 2.81. The Morgan fingerprint density at radius 2 is 2.04 bits per heavy atom. The van der Waals surface area contributed by atoms with Crippen LogP contribution >= 0.6 is 11.6 Å². The summed E-state index contributed by atoms with van der Waals surface area (Å²) in [6.45, 7) is 2.91. The second kappa shape index (κ2) is 7.05. The van der Waals surface area contributed by atoms with Gasteiger partial charge in [-0.2, -0.15) is 9.78 Å². The van der Waals surface area contributed by atoms with E-state index in [1.807, 2.05) is 35.9 Å². The van der Waals surface area contributed by atoms with Crippen molar-refractivity contribution in [3.63, 3.8) is 0 Å². The summed E-state index contributed by atoms with van der Waals surface area (Å²) in [4.78, 5) is 17.1. The van der Waals surface area contributed by atoms with Gasteiger partial charge in [0.25, 0.3) is 5.56 Å². The highest BCUT2D eigenvalue weighted by molar-refractivity contribution is 6.32. The zero-order valence-electron chi connectivity index (χ0n) is 13.8. The molecule has 0 aliphatic carbocycles. The molecule has 0 spiro atoms. The van der Waals surface area contributed by atoms with Crippen molar-refractivity contribution < 1.29 is 0 Å². The van der Waals surface area contributed by atoms with Crippen molar-refractivity contribution in [3.05, 3.63) is 45.8 Å². The molecule has 0 radical (unpaired) electrons. The van der Waals surface area contributed by atoms with Gasteiger partial charge in [0.15, 0.2) is 0 Å². The van der Waals surface area contributed by atoms with Gasteiger partial charge in [0.2, 0.25) is 5.95 Å². The summed E-state index contributed by atoms with van der Waals surface area (Å²) in [7, 11) is 1.85. The predicted octanol–water partition coefficient (Wildman–Crippen LogP) is 3.37. The highest BCUT2D eigenvalue weighted by Crippen LogP contribution is 2.19. The lowest BCUT2D eigenvalue weighted by Gasteiger charge is -2.10. The molecule has 7 heteroatoms. The van der Waals surface area contributed by atoms with Crippen LogP contribution in [0.1, 0.15) is 26.2 Å². The summed E-state index contributed by atoms with van der Waals surface area (Å²) in [5.74, 6) is 0.445. The largest absolute Gasteiger partial charge is 0.382 e. The summed E-state index contributed by atoms with van der Waals surface area (Å²) < 4.78 is 3.06. The maximum atomic E-state index is 12.6. The quantitative estimate of drug-likeness (QED) is 0.696. The lowest BCUT2D eigenvalue weighted by molar-refractivity contribution is 0.715. The van der Waals surface area contributed by atoms with Gasteiger partial charge in [-0.1, -0.05) is 43.5 Å². The molecule has 6 nitrogen and oxygen atoms in total. The van der Waals surface area contributed by atoms with Crippen LogP contribution in [0.5, 0.6) is 0 Å². The standard InChI is InChI=1S/C17H20ClN5O/c1-3-4-7-10-19-13-11-20-23(16(24)15(13)18)17-21-12-8-5-6-9-14(12)22(17)2/h5-6,8-9,11,19H,3-4,7,10H2,1-2H3. The van der Waals surface area contributed by atoms with Gasteiger partial charge in [0, 0.05) is 13.6 Å². The molecule has 0 saturated carbocycles. The number of imidazole rings is 1.